The first kappa shape index (κ1) is 22.8. The van der Waals surface area contributed by atoms with Crippen LogP contribution in [0.25, 0.3) is 87.7 Å². The van der Waals surface area contributed by atoms with Crippen LogP contribution in [0.4, 0.5) is 0 Å². The molecule has 0 aliphatic rings. The number of aromatic nitrogens is 2. The molecule has 0 bridgehead atoms. The third kappa shape index (κ3) is 2.98. The molecule has 0 aliphatic carbocycles. The number of furan rings is 1. The van der Waals surface area contributed by atoms with Crippen LogP contribution in [-0.2, 0) is 0 Å². The van der Waals surface area contributed by atoms with Gasteiger partial charge in [-0.25, -0.2) is 0 Å². The minimum Gasteiger partial charge on any atom is -0.455 e. The Balaban J connectivity index is 1.30. The second-order valence-corrected chi connectivity index (χ2v) is 11.3. The van der Waals surface area contributed by atoms with Crippen molar-refractivity contribution in [1.29, 1.82) is 0 Å². The van der Waals surface area contributed by atoms with E-state index >= 15 is 0 Å². The van der Waals surface area contributed by atoms with E-state index in [1.54, 1.807) is 0 Å². The second kappa shape index (κ2) is 8.37. The lowest BCUT2D eigenvalue weighted by Gasteiger charge is -2.13. The zero-order valence-electron chi connectivity index (χ0n) is 23.2. The zero-order valence-corrected chi connectivity index (χ0v) is 23.2. The molecule has 200 valence electrons. The fourth-order valence-electron chi connectivity index (χ4n) is 7.34. The van der Waals surface area contributed by atoms with Crippen molar-refractivity contribution in [2.45, 2.75) is 0 Å². The summed E-state index contributed by atoms with van der Waals surface area (Å²) in [4.78, 5) is 0. The van der Waals surface area contributed by atoms with Gasteiger partial charge in [0.25, 0.3) is 0 Å². The predicted molar refractivity (Wildman–Crippen MR) is 180 cm³/mol. The van der Waals surface area contributed by atoms with Crippen LogP contribution in [0, 0.1) is 0 Å². The molecule has 0 radical (unpaired) electrons. The molecule has 3 aromatic heterocycles. The summed E-state index contributed by atoms with van der Waals surface area (Å²) in [6.07, 6.45) is 0. The molecule has 0 atom stereocenters. The molecule has 43 heavy (non-hydrogen) atoms. The fourth-order valence-corrected chi connectivity index (χ4v) is 7.34. The van der Waals surface area contributed by atoms with Gasteiger partial charge in [-0.2, -0.15) is 0 Å². The molecule has 10 aromatic rings. The van der Waals surface area contributed by atoms with Crippen LogP contribution in [0.2, 0.25) is 0 Å². The van der Waals surface area contributed by atoms with Crippen molar-refractivity contribution in [3.8, 4) is 11.4 Å². The van der Waals surface area contributed by atoms with E-state index < -0.39 is 0 Å². The maximum Gasteiger partial charge on any atom is 0.146 e. The highest BCUT2D eigenvalue weighted by molar-refractivity contribution is 6.35. The van der Waals surface area contributed by atoms with E-state index in [4.69, 9.17) is 4.42 Å². The summed E-state index contributed by atoms with van der Waals surface area (Å²) in [6, 6.07) is 52.2. The molecule has 0 unspecified atom stereocenters. The average Bonchev–Trinajstić information content (AvgIpc) is 3.73. The summed E-state index contributed by atoms with van der Waals surface area (Å²) in [5.41, 5.74) is 8.91. The first-order chi connectivity index (χ1) is 21.4. The van der Waals surface area contributed by atoms with E-state index in [0.717, 1.165) is 33.3 Å². The highest BCUT2D eigenvalue weighted by Gasteiger charge is 2.22. The van der Waals surface area contributed by atoms with E-state index in [1.165, 1.54) is 54.4 Å². The molecule has 0 aliphatic heterocycles. The lowest BCUT2D eigenvalue weighted by Crippen LogP contribution is -1.97. The summed E-state index contributed by atoms with van der Waals surface area (Å²) in [5.74, 6) is 0. The Hall–Kier alpha value is -5.80. The van der Waals surface area contributed by atoms with Gasteiger partial charge in [-0.3, -0.25) is 0 Å². The molecule has 0 N–H and O–H groups in total. The zero-order chi connectivity index (χ0) is 28.1. The first-order valence-corrected chi connectivity index (χ1v) is 14.7. The molecule has 3 nitrogen and oxygen atoms in total. The summed E-state index contributed by atoms with van der Waals surface area (Å²) in [6.45, 7) is 0. The molecule has 0 saturated carbocycles. The highest BCUT2D eigenvalue weighted by Crippen LogP contribution is 2.45. The Bertz CT molecular complexity index is 2670. The van der Waals surface area contributed by atoms with Gasteiger partial charge in [-0.1, -0.05) is 97.1 Å². The molecule has 0 amide bonds. The third-order valence-corrected chi connectivity index (χ3v) is 9.09. The van der Waals surface area contributed by atoms with Crippen LogP contribution in [-0.4, -0.2) is 9.13 Å². The maximum atomic E-state index is 6.66. The number of hydrogen-bond donors (Lipinski definition) is 0. The molecule has 0 spiro atoms. The van der Waals surface area contributed by atoms with Crippen LogP contribution in [0.15, 0.2) is 150 Å². The summed E-state index contributed by atoms with van der Waals surface area (Å²) < 4.78 is 11.4. The number of para-hydroxylation sites is 4. The average molecular weight is 549 g/mol. The standard InChI is InChI=1S/C40H24N2O/c1-2-14-30-29(13-1)37-32-16-6-10-20-36(32)43-40(37)38-31-15-5-9-19-35(31)42(39(30)38)26-23-21-25(22-24-26)41-33-17-7-3-11-27(33)28-12-4-8-18-34(28)41/h1-24H. The van der Waals surface area contributed by atoms with Crippen molar-refractivity contribution in [3.05, 3.63) is 146 Å². The number of benzene rings is 7. The van der Waals surface area contributed by atoms with Crippen LogP contribution < -0.4 is 0 Å². The van der Waals surface area contributed by atoms with Gasteiger partial charge < -0.3 is 13.6 Å². The minimum atomic E-state index is 0.919. The SMILES string of the molecule is c1ccc2c(c1)oc1c2c2ccccc2c2c1c1ccccc1n2-c1ccc(-n2c3ccccc3c3ccccc32)cc1. The van der Waals surface area contributed by atoms with Gasteiger partial charge in [0.15, 0.2) is 0 Å². The monoisotopic (exact) mass is 548 g/mol. The number of hydrogen-bond acceptors (Lipinski definition) is 1. The maximum absolute atomic E-state index is 6.66. The summed E-state index contributed by atoms with van der Waals surface area (Å²) >= 11 is 0. The van der Waals surface area contributed by atoms with Crippen LogP contribution >= 0.6 is 0 Å². The minimum absolute atomic E-state index is 0.919. The van der Waals surface area contributed by atoms with Crippen LogP contribution in [0.5, 0.6) is 0 Å². The smallest absolute Gasteiger partial charge is 0.146 e. The van der Waals surface area contributed by atoms with E-state index in [9.17, 15) is 0 Å². The molecule has 3 heterocycles. The van der Waals surface area contributed by atoms with Crippen LogP contribution in [0.1, 0.15) is 0 Å². The van der Waals surface area contributed by atoms with Crippen molar-refractivity contribution < 1.29 is 4.42 Å². The molecule has 0 fully saturated rings. The molecule has 0 saturated heterocycles. The third-order valence-electron chi connectivity index (χ3n) is 9.09. The highest BCUT2D eigenvalue weighted by atomic mass is 16.3. The second-order valence-electron chi connectivity index (χ2n) is 11.3. The van der Waals surface area contributed by atoms with Gasteiger partial charge in [-0.05, 0) is 53.9 Å². The fraction of sp³-hybridized carbons (Fsp3) is 0. The normalized spacial score (nSPS) is 12.2. The Morgan fingerprint density at radius 1 is 0.349 bits per heavy atom. The topological polar surface area (TPSA) is 23.0 Å². The van der Waals surface area contributed by atoms with Crippen molar-refractivity contribution in [2.75, 3.05) is 0 Å². The first-order valence-electron chi connectivity index (χ1n) is 14.7. The number of nitrogens with zero attached hydrogens (tertiary/aromatic N) is 2. The summed E-state index contributed by atoms with van der Waals surface area (Å²) in [7, 11) is 0. The van der Waals surface area contributed by atoms with Crippen LogP contribution in [0.3, 0.4) is 0 Å². The Morgan fingerprint density at radius 2 is 0.814 bits per heavy atom. The van der Waals surface area contributed by atoms with Gasteiger partial charge in [0, 0.05) is 43.7 Å². The van der Waals surface area contributed by atoms with Gasteiger partial charge in [0.1, 0.15) is 11.2 Å². The van der Waals surface area contributed by atoms with Crippen molar-refractivity contribution >= 4 is 76.3 Å². The largest absolute Gasteiger partial charge is 0.455 e. The summed E-state index contributed by atoms with van der Waals surface area (Å²) in [5, 5.41) is 9.66. The quantitative estimate of drug-likeness (QED) is 0.211. The van der Waals surface area contributed by atoms with Crippen molar-refractivity contribution in [2.24, 2.45) is 0 Å². The number of fused-ring (bicyclic) bond motifs is 13. The van der Waals surface area contributed by atoms with Crippen molar-refractivity contribution in [1.82, 2.24) is 9.13 Å². The molecular weight excluding hydrogens is 524 g/mol. The van der Waals surface area contributed by atoms with Gasteiger partial charge in [0.05, 0.1) is 27.5 Å². The van der Waals surface area contributed by atoms with Gasteiger partial charge >= 0.3 is 0 Å². The molecular formula is C40H24N2O. The van der Waals surface area contributed by atoms with E-state index in [1.807, 2.05) is 6.07 Å². The Labute approximate surface area is 246 Å². The van der Waals surface area contributed by atoms with E-state index in [0.29, 0.717) is 0 Å². The lowest BCUT2D eigenvalue weighted by molar-refractivity contribution is 0.673. The van der Waals surface area contributed by atoms with Gasteiger partial charge in [-0.15, -0.1) is 0 Å². The molecule has 10 rings (SSSR count). The molecule has 7 aromatic carbocycles. The van der Waals surface area contributed by atoms with E-state index in [2.05, 4.69) is 149 Å². The van der Waals surface area contributed by atoms with Crippen molar-refractivity contribution in [3.63, 3.8) is 0 Å². The Kier molecular flexibility index (Phi) is 4.45. The van der Waals surface area contributed by atoms with Gasteiger partial charge in [0.2, 0.25) is 0 Å². The lowest BCUT2D eigenvalue weighted by atomic mass is 9.99. The Morgan fingerprint density at radius 3 is 1.47 bits per heavy atom. The predicted octanol–water partition coefficient (Wildman–Crippen LogP) is 10.9. The van der Waals surface area contributed by atoms with E-state index in [-0.39, 0.29) is 0 Å². The molecule has 3 heteroatoms. The number of rotatable bonds is 2.